The molecule has 6 heteroatoms. The van der Waals surface area contributed by atoms with E-state index in [1.807, 2.05) is 30.3 Å². The highest BCUT2D eigenvalue weighted by molar-refractivity contribution is 7.80. The van der Waals surface area contributed by atoms with E-state index in [9.17, 15) is 4.79 Å². The summed E-state index contributed by atoms with van der Waals surface area (Å²) < 4.78 is 1.60. The van der Waals surface area contributed by atoms with Crippen molar-refractivity contribution in [2.24, 2.45) is 5.73 Å². The maximum atomic E-state index is 12.6. The molecule has 0 saturated heterocycles. The van der Waals surface area contributed by atoms with Crippen LogP contribution in [0, 0.1) is 0 Å². The molecule has 0 radical (unpaired) electrons. The topological polar surface area (TPSA) is 60.9 Å². The zero-order chi connectivity index (χ0) is 15.7. The standard InChI is InChI=1S/C16H15N3OS2/c1-2-11-7-13-15(22-11)18-9-19(16(13)20)8-10-5-3-4-6-12(10)14(17)21/h3-7,9H,2,8H2,1H3,(H2,17,21). The first-order valence-electron chi connectivity index (χ1n) is 6.95. The second-order valence-electron chi connectivity index (χ2n) is 4.98. The molecule has 3 aromatic rings. The van der Waals surface area contributed by atoms with Crippen LogP contribution < -0.4 is 11.3 Å². The molecular formula is C16H15N3OS2. The summed E-state index contributed by atoms with van der Waals surface area (Å²) in [4.78, 5) is 19.3. The Balaban J connectivity index is 2.07. The molecule has 0 aliphatic rings. The SMILES string of the molecule is CCc1cc2c(=O)n(Cc3ccccc3C(N)=S)cnc2s1. The van der Waals surface area contributed by atoms with Crippen LogP contribution in [0.5, 0.6) is 0 Å². The van der Waals surface area contributed by atoms with Crippen molar-refractivity contribution < 1.29 is 0 Å². The molecule has 112 valence electrons. The number of thiocarbonyl (C=S) groups is 1. The van der Waals surface area contributed by atoms with Crippen molar-refractivity contribution in [3.8, 4) is 0 Å². The molecule has 0 fully saturated rings. The van der Waals surface area contributed by atoms with Crippen molar-refractivity contribution in [1.29, 1.82) is 0 Å². The second kappa shape index (κ2) is 5.98. The minimum Gasteiger partial charge on any atom is -0.389 e. The molecular weight excluding hydrogens is 314 g/mol. The van der Waals surface area contributed by atoms with Gasteiger partial charge in [-0.05, 0) is 18.1 Å². The van der Waals surface area contributed by atoms with Crippen molar-refractivity contribution in [3.05, 3.63) is 63.0 Å². The number of rotatable bonds is 4. The number of hydrogen-bond acceptors (Lipinski definition) is 4. The predicted molar refractivity (Wildman–Crippen MR) is 94.7 cm³/mol. The molecule has 1 aromatic carbocycles. The normalized spacial score (nSPS) is 11.0. The van der Waals surface area contributed by atoms with Gasteiger partial charge in [0.1, 0.15) is 9.82 Å². The third-order valence-corrected chi connectivity index (χ3v) is 4.95. The molecule has 2 aromatic heterocycles. The van der Waals surface area contributed by atoms with Gasteiger partial charge < -0.3 is 5.73 Å². The summed E-state index contributed by atoms with van der Waals surface area (Å²) >= 11 is 6.64. The molecule has 0 aliphatic carbocycles. The largest absolute Gasteiger partial charge is 0.389 e. The molecule has 0 atom stereocenters. The third kappa shape index (κ3) is 2.67. The Hall–Kier alpha value is -2.05. The smallest absolute Gasteiger partial charge is 0.262 e. The average Bonchev–Trinajstić information content (AvgIpc) is 2.94. The fourth-order valence-corrected chi connectivity index (χ4v) is 3.50. The summed E-state index contributed by atoms with van der Waals surface area (Å²) in [6, 6.07) is 9.53. The number of nitrogens with zero attached hydrogens (tertiary/aromatic N) is 2. The van der Waals surface area contributed by atoms with Crippen LogP contribution in [0.3, 0.4) is 0 Å². The van der Waals surface area contributed by atoms with Crippen LogP contribution >= 0.6 is 23.6 Å². The Kier molecular flexibility index (Phi) is 4.04. The lowest BCUT2D eigenvalue weighted by molar-refractivity contribution is 0.748. The van der Waals surface area contributed by atoms with Crippen molar-refractivity contribution >= 4 is 38.8 Å². The molecule has 0 saturated carbocycles. The Bertz CT molecular complexity index is 911. The van der Waals surface area contributed by atoms with Gasteiger partial charge in [0.05, 0.1) is 18.3 Å². The van der Waals surface area contributed by atoms with Gasteiger partial charge >= 0.3 is 0 Å². The van der Waals surface area contributed by atoms with E-state index in [4.69, 9.17) is 18.0 Å². The summed E-state index contributed by atoms with van der Waals surface area (Å²) in [5.41, 5.74) is 7.44. The fraction of sp³-hybridized carbons (Fsp3) is 0.188. The number of hydrogen-bond donors (Lipinski definition) is 1. The summed E-state index contributed by atoms with van der Waals surface area (Å²) in [7, 11) is 0. The van der Waals surface area contributed by atoms with E-state index in [0.717, 1.165) is 22.4 Å². The minimum atomic E-state index is -0.0290. The van der Waals surface area contributed by atoms with Crippen molar-refractivity contribution in [2.75, 3.05) is 0 Å². The van der Waals surface area contributed by atoms with Gasteiger partial charge in [-0.2, -0.15) is 0 Å². The summed E-state index contributed by atoms with van der Waals surface area (Å²) in [6.07, 6.45) is 2.50. The monoisotopic (exact) mass is 329 g/mol. The molecule has 22 heavy (non-hydrogen) atoms. The highest BCUT2D eigenvalue weighted by Crippen LogP contribution is 2.21. The van der Waals surface area contributed by atoms with Crippen LogP contribution in [0.15, 0.2) is 41.5 Å². The average molecular weight is 329 g/mol. The lowest BCUT2D eigenvalue weighted by Crippen LogP contribution is -2.22. The molecule has 0 spiro atoms. The third-order valence-electron chi connectivity index (χ3n) is 3.54. The van der Waals surface area contributed by atoms with Gasteiger partial charge in [0, 0.05) is 10.4 Å². The number of aryl methyl sites for hydroxylation is 1. The molecule has 0 unspecified atom stereocenters. The van der Waals surface area contributed by atoms with E-state index >= 15 is 0 Å². The van der Waals surface area contributed by atoms with Gasteiger partial charge in [0.15, 0.2) is 0 Å². The molecule has 4 nitrogen and oxygen atoms in total. The first kappa shape index (κ1) is 14.9. The lowest BCUT2D eigenvalue weighted by atomic mass is 10.1. The molecule has 0 aliphatic heterocycles. The summed E-state index contributed by atoms with van der Waals surface area (Å²) in [5.74, 6) is 0. The molecule has 0 bridgehead atoms. The quantitative estimate of drug-likeness (QED) is 0.748. The number of aromatic nitrogens is 2. The zero-order valence-electron chi connectivity index (χ0n) is 12.1. The van der Waals surface area contributed by atoms with E-state index in [0.29, 0.717) is 16.9 Å². The highest BCUT2D eigenvalue weighted by atomic mass is 32.1. The van der Waals surface area contributed by atoms with Gasteiger partial charge in [-0.1, -0.05) is 43.4 Å². The first-order chi connectivity index (χ1) is 10.6. The number of fused-ring (bicyclic) bond motifs is 1. The van der Waals surface area contributed by atoms with Crippen LogP contribution in [0.2, 0.25) is 0 Å². The van der Waals surface area contributed by atoms with Gasteiger partial charge in [-0.15, -0.1) is 11.3 Å². The Morgan fingerprint density at radius 1 is 1.41 bits per heavy atom. The number of nitrogens with two attached hydrogens (primary N) is 1. The van der Waals surface area contributed by atoms with E-state index in [1.54, 1.807) is 22.2 Å². The second-order valence-corrected chi connectivity index (χ2v) is 6.54. The zero-order valence-corrected chi connectivity index (χ0v) is 13.7. The maximum Gasteiger partial charge on any atom is 0.262 e. The molecule has 2 N–H and O–H groups in total. The van der Waals surface area contributed by atoms with Crippen LogP contribution in [0.25, 0.3) is 10.2 Å². The minimum absolute atomic E-state index is 0.0290. The van der Waals surface area contributed by atoms with Crippen LogP contribution in [-0.4, -0.2) is 14.5 Å². The Morgan fingerprint density at radius 3 is 2.91 bits per heavy atom. The predicted octanol–water partition coefficient (Wildman–Crippen LogP) is 2.70. The Morgan fingerprint density at radius 2 is 2.18 bits per heavy atom. The number of thiophene rings is 1. The lowest BCUT2D eigenvalue weighted by Gasteiger charge is -2.09. The van der Waals surface area contributed by atoms with Crippen molar-refractivity contribution in [3.63, 3.8) is 0 Å². The highest BCUT2D eigenvalue weighted by Gasteiger charge is 2.10. The fourth-order valence-electron chi connectivity index (χ4n) is 2.38. The van der Waals surface area contributed by atoms with E-state index in [-0.39, 0.29) is 5.56 Å². The van der Waals surface area contributed by atoms with Gasteiger partial charge in [0.2, 0.25) is 0 Å². The molecule has 3 rings (SSSR count). The van der Waals surface area contributed by atoms with Crippen LogP contribution in [0.1, 0.15) is 22.9 Å². The van der Waals surface area contributed by atoms with Gasteiger partial charge in [0.25, 0.3) is 5.56 Å². The molecule has 2 heterocycles. The van der Waals surface area contributed by atoms with Crippen molar-refractivity contribution in [2.45, 2.75) is 19.9 Å². The first-order valence-corrected chi connectivity index (χ1v) is 8.18. The summed E-state index contributed by atoms with van der Waals surface area (Å²) in [6.45, 7) is 2.48. The van der Waals surface area contributed by atoms with Crippen molar-refractivity contribution in [1.82, 2.24) is 9.55 Å². The van der Waals surface area contributed by atoms with E-state index in [1.165, 1.54) is 4.88 Å². The van der Waals surface area contributed by atoms with Gasteiger partial charge in [-0.3, -0.25) is 9.36 Å². The Labute approximate surface area is 137 Å². The maximum absolute atomic E-state index is 12.6. The van der Waals surface area contributed by atoms with E-state index in [2.05, 4.69) is 11.9 Å². The van der Waals surface area contributed by atoms with Crippen LogP contribution in [0.4, 0.5) is 0 Å². The van der Waals surface area contributed by atoms with Gasteiger partial charge in [-0.25, -0.2) is 4.98 Å². The van der Waals surface area contributed by atoms with E-state index < -0.39 is 0 Å². The molecule has 0 amide bonds. The number of benzene rings is 1. The van der Waals surface area contributed by atoms with Crippen LogP contribution in [-0.2, 0) is 13.0 Å². The summed E-state index contributed by atoms with van der Waals surface area (Å²) in [5, 5.41) is 0.678.